The van der Waals surface area contributed by atoms with Crippen LogP contribution in [-0.2, 0) is 0 Å². The fourth-order valence-electron chi connectivity index (χ4n) is 2.34. The lowest BCUT2D eigenvalue weighted by Gasteiger charge is -2.13. The molecule has 0 amide bonds. The summed E-state index contributed by atoms with van der Waals surface area (Å²) in [5, 5.41) is 3.59. The molecule has 2 unspecified atom stereocenters. The Labute approximate surface area is 108 Å². The zero-order valence-corrected chi connectivity index (χ0v) is 10.9. The van der Waals surface area contributed by atoms with Crippen molar-refractivity contribution in [3.8, 4) is 0 Å². The van der Waals surface area contributed by atoms with Gasteiger partial charge in [0.15, 0.2) is 0 Å². The van der Waals surface area contributed by atoms with Crippen LogP contribution in [0.25, 0.3) is 0 Å². The third kappa shape index (κ3) is 3.12. The van der Waals surface area contributed by atoms with Crippen molar-refractivity contribution >= 4 is 11.8 Å². The van der Waals surface area contributed by atoms with Gasteiger partial charge in [0, 0.05) is 30.1 Å². The molecule has 0 spiro atoms. The highest BCUT2D eigenvalue weighted by Crippen LogP contribution is 2.36. The van der Waals surface area contributed by atoms with Gasteiger partial charge in [0.25, 0.3) is 0 Å². The normalized spacial score (nSPS) is 22.4. The first-order valence-electron chi connectivity index (χ1n) is 6.09. The molecule has 1 aromatic rings. The van der Waals surface area contributed by atoms with E-state index in [1.54, 1.807) is 0 Å². The number of nitrogens with two attached hydrogens (primary N) is 1. The summed E-state index contributed by atoms with van der Waals surface area (Å²) in [6.45, 7) is 4.75. The fourth-order valence-corrected chi connectivity index (χ4v) is 2.93. The average Bonchev–Trinajstić information content (AvgIpc) is 2.67. The second kappa shape index (κ2) is 6.24. The van der Waals surface area contributed by atoms with Crippen LogP contribution < -0.4 is 11.1 Å². The molecule has 1 aromatic carbocycles. The van der Waals surface area contributed by atoms with Crippen molar-refractivity contribution in [3.63, 3.8) is 0 Å². The van der Waals surface area contributed by atoms with Gasteiger partial charge in [-0.15, -0.1) is 6.58 Å². The van der Waals surface area contributed by atoms with Crippen molar-refractivity contribution in [2.75, 3.05) is 18.1 Å². The van der Waals surface area contributed by atoms with Crippen LogP contribution >= 0.6 is 11.8 Å². The number of thioether (sulfide) groups is 1. The zero-order valence-electron chi connectivity index (χ0n) is 10.1. The lowest BCUT2D eigenvalue weighted by atomic mass is 10.1. The summed E-state index contributed by atoms with van der Waals surface area (Å²) in [4.78, 5) is 0. The van der Waals surface area contributed by atoms with Gasteiger partial charge in [-0.1, -0.05) is 30.3 Å². The molecule has 0 saturated carbocycles. The Bertz CT molecular complexity index is 378. The molecule has 0 radical (unpaired) electrons. The number of hydrogen-bond acceptors (Lipinski definition) is 3. The smallest absolute Gasteiger partial charge is 0.0341 e. The Morgan fingerprint density at radius 1 is 1.41 bits per heavy atom. The van der Waals surface area contributed by atoms with Crippen LogP contribution in [0.3, 0.4) is 0 Å². The molecule has 1 aliphatic rings. The molecule has 0 heterocycles. The highest BCUT2D eigenvalue weighted by molar-refractivity contribution is 7.99. The Morgan fingerprint density at radius 3 is 2.94 bits per heavy atom. The van der Waals surface area contributed by atoms with E-state index in [1.165, 1.54) is 11.1 Å². The number of hydrogen-bond donors (Lipinski definition) is 2. The lowest BCUT2D eigenvalue weighted by Crippen LogP contribution is -2.22. The van der Waals surface area contributed by atoms with Gasteiger partial charge in [0.2, 0.25) is 0 Å². The van der Waals surface area contributed by atoms with Crippen LogP contribution in [0.1, 0.15) is 29.6 Å². The summed E-state index contributed by atoms with van der Waals surface area (Å²) in [5.74, 6) is 2.16. The van der Waals surface area contributed by atoms with Gasteiger partial charge in [0.1, 0.15) is 0 Å². The van der Waals surface area contributed by atoms with Gasteiger partial charge >= 0.3 is 0 Å². The number of rotatable bonds is 6. The second-order valence-corrected chi connectivity index (χ2v) is 5.49. The monoisotopic (exact) mass is 248 g/mol. The van der Waals surface area contributed by atoms with E-state index in [4.69, 9.17) is 5.73 Å². The molecule has 2 nitrogen and oxygen atoms in total. The van der Waals surface area contributed by atoms with Gasteiger partial charge in [-0.2, -0.15) is 11.8 Å². The average molecular weight is 248 g/mol. The minimum Gasteiger partial charge on any atom is -0.324 e. The van der Waals surface area contributed by atoms with Gasteiger partial charge < -0.3 is 11.1 Å². The predicted molar refractivity (Wildman–Crippen MR) is 76.3 cm³/mol. The summed E-state index contributed by atoms with van der Waals surface area (Å²) in [5.41, 5.74) is 8.82. The topological polar surface area (TPSA) is 38.0 Å². The van der Waals surface area contributed by atoms with E-state index in [9.17, 15) is 0 Å². The van der Waals surface area contributed by atoms with Gasteiger partial charge in [0.05, 0.1) is 0 Å². The quantitative estimate of drug-likeness (QED) is 0.600. The van der Waals surface area contributed by atoms with Crippen molar-refractivity contribution < 1.29 is 0 Å². The fraction of sp³-hybridized carbons (Fsp3) is 0.429. The maximum absolute atomic E-state index is 6.13. The highest BCUT2D eigenvalue weighted by atomic mass is 32.2. The standard InChI is InChI=1S/C14H20N2S/c1-2-8-17-9-7-16-14-10-13(15)11-5-3-4-6-12(11)14/h2-6,13-14,16H,1,7-10,15H2. The third-order valence-electron chi connectivity index (χ3n) is 3.13. The SMILES string of the molecule is C=CCSCCNC1CC(N)c2ccccc21. The molecule has 3 N–H and O–H groups in total. The predicted octanol–water partition coefficient (Wildman–Crippen LogP) is 2.64. The summed E-state index contributed by atoms with van der Waals surface area (Å²) in [7, 11) is 0. The van der Waals surface area contributed by atoms with Crippen molar-refractivity contribution in [3.05, 3.63) is 48.0 Å². The summed E-state index contributed by atoms with van der Waals surface area (Å²) < 4.78 is 0. The van der Waals surface area contributed by atoms with Crippen molar-refractivity contribution in [1.29, 1.82) is 0 Å². The van der Waals surface area contributed by atoms with Crippen LogP contribution in [0.5, 0.6) is 0 Å². The van der Waals surface area contributed by atoms with Gasteiger partial charge in [-0.05, 0) is 17.5 Å². The first kappa shape index (κ1) is 12.7. The van der Waals surface area contributed by atoms with Crippen molar-refractivity contribution in [1.82, 2.24) is 5.32 Å². The maximum Gasteiger partial charge on any atom is 0.0341 e. The Hall–Kier alpha value is -0.770. The van der Waals surface area contributed by atoms with Gasteiger partial charge in [-0.3, -0.25) is 0 Å². The molecule has 0 aromatic heterocycles. The van der Waals surface area contributed by atoms with Crippen molar-refractivity contribution in [2.24, 2.45) is 5.73 Å². The van der Waals surface area contributed by atoms with E-state index >= 15 is 0 Å². The number of nitrogens with one attached hydrogen (secondary N) is 1. The molecule has 0 bridgehead atoms. The molecular formula is C14H20N2S. The molecule has 3 heteroatoms. The van der Waals surface area contributed by atoms with Crippen LogP contribution in [0.15, 0.2) is 36.9 Å². The molecule has 17 heavy (non-hydrogen) atoms. The van der Waals surface area contributed by atoms with E-state index < -0.39 is 0 Å². The second-order valence-electron chi connectivity index (χ2n) is 4.34. The van der Waals surface area contributed by atoms with E-state index in [0.717, 1.165) is 24.5 Å². The van der Waals surface area contributed by atoms with E-state index in [0.29, 0.717) is 6.04 Å². The molecule has 0 saturated heterocycles. The summed E-state index contributed by atoms with van der Waals surface area (Å²) in [6.07, 6.45) is 2.97. The Morgan fingerprint density at radius 2 is 2.18 bits per heavy atom. The van der Waals surface area contributed by atoms with Crippen LogP contribution in [0.4, 0.5) is 0 Å². The Balaban J connectivity index is 1.85. The zero-order chi connectivity index (χ0) is 12.1. The largest absolute Gasteiger partial charge is 0.324 e. The van der Waals surface area contributed by atoms with Gasteiger partial charge in [-0.25, -0.2) is 0 Å². The molecule has 92 valence electrons. The minimum absolute atomic E-state index is 0.199. The molecular weight excluding hydrogens is 228 g/mol. The molecule has 1 aliphatic carbocycles. The lowest BCUT2D eigenvalue weighted by molar-refractivity contribution is 0.515. The third-order valence-corrected chi connectivity index (χ3v) is 4.10. The first-order valence-corrected chi connectivity index (χ1v) is 7.25. The molecule has 2 rings (SSSR count). The molecule has 2 atom stereocenters. The minimum atomic E-state index is 0.199. The van der Waals surface area contributed by atoms with E-state index in [1.807, 2.05) is 17.8 Å². The summed E-state index contributed by atoms with van der Waals surface area (Å²) >= 11 is 1.91. The first-order chi connectivity index (χ1) is 8.33. The number of fused-ring (bicyclic) bond motifs is 1. The van der Waals surface area contributed by atoms with Crippen LogP contribution in [-0.4, -0.2) is 18.1 Å². The van der Waals surface area contributed by atoms with E-state index in [-0.39, 0.29) is 6.04 Å². The van der Waals surface area contributed by atoms with E-state index in [2.05, 4.69) is 36.2 Å². The number of benzene rings is 1. The molecule has 0 fully saturated rings. The summed E-state index contributed by atoms with van der Waals surface area (Å²) in [6, 6.07) is 9.14. The maximum atomic E-state index is 6.13. The van der Waals surface area contributed by atoms with Crippen LogP contribution in [0, 0.1) is 0 Å². The Kier molecular flexibility index (Phi) is 4.66. The van der Waals surface area contributed by atoms with Crippen LogP contribution in [0.2, 0.25) is 0 Å². The van der Waals surface area contributed by atoms with Crippen molar-refractivity contribution in [2.45, 2.75) is 18.5 Å². The highest BCUT2D eigenvalue weighted by Gasteiger charge is 2.27. The molecule has 0 aliphatic heterocycles.